The smallest absolute Gasteiger partial charge is 0.0642 e. The van der Waals surface area contributed by atoms with Gasteiger partial charge >= 0.3 is 0 Å². The van der Waals surface area contributed by atoms with Crippen molar-refractivity contribution < 1.29 is 9.84 Å². The topological polar surface area (TPSA) is 41.5 Å². The van der Waals surface area contributed by atoms with Gasteiger partial charge in [-0.05, 0) is 32.2 Å². The molecule has 0 spiro atoms. The SMILES string of the molecule is COCC(C)(CCO)NCCC1CCCC1. The molecule has 0 aromatic heterocycles. The molecule has 1 saturated carbocycles. The van der Waals surface area contributed by atoms with E-state index in [1.807, 2.05) is 0 Å². The van der Waals surface area contributed by atoms with Crippen LogP contribution in [-0.2, 0) is 4.74 Å². The van der Waals surface area contributed by atoms with Crippen molar-refractivity contribution in [2.45, 2.75) is 51.0 Å². The molecule has 0 heterocycles. The van der Waals surface area contributed by atoms with E-state index >= 15 is 0 Å². The second kappa shape index (κ2) is 7.25. The van der Waals surface area contributed by atoms with Crippen LogP contribution in [-0.4, -0.2) is 37.5 Å². The fourth-order valence-electron chi connectivity index (χ4n) is 2.65. The number of ether oxygens (including phenoxy) is 1. The van der Waals surface area contributed by atoms with Crippen molar-refractivity contribution >= 4 is 0 Å². The molecular formula is C13H27NO2. The zero-order chi connectivity index (χ0) is 11.9. The molecule has 1 rings (SSSR count). The van der Waals surface area contributed by atoms with Gasteiger partial charge in [0, 0.05) is 19.3 Å². The van der Waals surface area contributed by atoms with Gasteiger partial charge < -0.3 is 15.2 Å². The van der Waals surface area contributed by atoms with Gasteiger partial charge in [0.15, 0.2) is 0 Å². The predicted molar refractivity (Wildman–Crippen MR) is 66.6 cm³/mol. The maximum atomic E-state index is 9.04. The molecule has 2 N–H and O–H groups in total. The molecule has 0 radical (unpaired) electrons. The minimum absolute atomic E-state index is 0.0674. The Balaban J connectivity index is 2.20. The average Bonchev–Trinajstić information content (AvgIpc) is 2.71. The maximum Gasteiger partial charge on any atom is 0.0642 e. The minimum Gasteiger partial charge on any atom is -0.396 e. The van der Waals surface area contributed by atoms with Gasteiger partial charge in [-0.3, -0.25) is 0 Å². The third-order valence-corrected chi connectivity index (χ3v) is 3.71. The van der Waals surface area contributed by atoms with Crippen LogP contribution in [0.25, 0.3) is 0 Å². The van der Waals surface area contributed by atoms with Crippen molar-refractivity contribution in [3.8, 4) is 0 Å². The Bertz CT molecular complexity index is 173. The summed E-state index contributed by atoms with van der Waals surface area (Å²) in [6.07, 6.45) is 7.66. The summed E-state index contributed by atoms with van der Waals surface area (Å²) in [5, 5.41) is 12.6. The summed E-state index contributed by atoms with van der Waals surface area (Å²) in [4.78, 5) is 0. The standard InChI is InChI=1S/C13H27NO2/c1-13(8-10-15,11-16-2)14-9-7-12-5-3-4-6-12/h12,14-15H,3-11H2,1-2H3. The molecule has 1 aliphatic rings. The highest BCUT2D eigenvalue weighted by atomic mass is 16.5. The van der Waals surface area contributed by atoms with E-state index in [-0.39, 0.29) is 12.1 Å². The third kappa shape index (κ3) is 4.81. The lowest BCUT2D eigenvalue weighted by Gasteiger charge is -2.30. The van der Waals surface area contributed by atoms with E-state index in [0.717, 1.165) is 18.9 Å². The molecule has 3 heteroatoms. The summed E-state index contributed by atoms with van der Waals surface area (Å²) in [5.74, 6) is 0.924. The molecule has 1 aliphatic carbocycles. The highest BCUT2D eigenvalue weighted by Crippen LogP contribution is 2.27. The molecule has 1 atom stereocenters. The second-order valence-electron chi connectivity index (χ2n) is 5.33. The number of methoxy groups -OCH3 is 1. The summed E-state index contributed by atoms with van der Waals surface area (Å²) in [7, 11) is 1.72. The zero-order valence-corrected chi connectivity index (χ0v) is 10.8. The van der Waals surface area contributed by atoms with Crippen molar-refractivity contribution in [2.75, 3.05) is 26.9 Å². The molecule has 0 saturated heterocycles. The lowest BCUT2D eigenvalue weighted by Crippen LogP contribution is -2.47. The number of aliphatic hydroxyl groups excluding tert-OH is 1. The van der Waals surface area contributed by atoms with Gasteiger partial charge in [0.2, 0.25) is 0 Å². The summed E-state index contributed by atoms with van der Waals surface area (Å²) >= 11 is 0. The zero-order valence-electron chi connectivity index (χ0n) is 10.8. The second-order valence-corrected chi connectivity index (χ2v) is 5.33. The summed E-state index contributed by atoms with van der Waals surface area (Å²) < 4.78 is 5.21. The first kappa shape index (κ1) is 13.9. The maximum absolute atomic E-state index is 9.04. The van der Waals surface area contributed by atoms with E-state index in [4.69, 9.17) is 9.84 Å². The van der Waals surface area contributed by atoms with Crippen molar-refractivity contribution in [1.29, 1.82) is 0 Å². The Morgan fingerprint density at radius 2 is 2.06 bits per heavy atom. The van der Waals surface area contributed by atoms with Gasteiger partial charge in [-0.25, -0.2) is 0 Å². The highest BCUT2D eigenvalue weighted by molar-refractivity contribution is 4.83. The van der Waals surface area contributed by atoms with Gasteiger partial charge in [-0.1, -0.05) is 25.7 Å². The van der Waals surface area contributed by atoms with Gasteiger partial charge in [0.05, 0.1) is 6.61 Å². The Morgan fingerprint density at radius 3 is 2.62 bits per heavy atom. The molecule has 3 nitrogen and oxygen atoms in total. The van der Waals surface area contributed by atoms with Crippen LogP contribution in [0.5, 0.6) is 0 Å². The highest BCUT2D eigenvalue weighted by Gasteiger charge is 2.23. The van der Waals surface area contributed by atoms with E-state index in [2.05, 4.69) is 12.2 Å². The van der Waals surface area contributed by atoms with Crippen LogP contribution >= 0.6 is 0 Å². The van der Waals surface area contributed by atoms with Crippen LogP contribution in [0.4, 0.5) is 0 Å². The molecule has 0 aliphatic heterocycles. The monoisotopic (exact) mass is 229 g/mol. The number of aliphatic hydroxyl groups is 1. The first-order valence-corrected chi connectivity index (χ1v) is 6.55. The molecule has 96 valence electrons. The molecule has 0 amide bonds. The van der Waals surface area contributed by atoms with E-state index in [1.54, 1.807) is 7.11 Å². The minimum atomic E-state index is -0.0674. The van der Waals surface area contributed by atoms with E-state index < -0.39 is 0 Å². The molecule has 0 aromatic rings. The third-order valence-electron chi connectivity index (χ3n) is 3.71. The molecular weight excluding hydrogens is 202 g/mol. The van der Waals surface area contributed by atoms with Gasteiger partial charge in [0.25, 0.3) is 0 Å². The van der Waals surface area contributed by atoms with Crippen LogP contribution < -0.4 is 5.32 Å². The van der Waals surface area contributed by atoms with Crippen LogP contribution in [0.1, 0.15) is 45.4 Å². The molecule has 1 unspecified atom stereocenters. The van der Waals surface area contributed by atoms with E-state index in [0.29, 0.717) is 6.61 Å². The number of hydrogen-bond acceptors (Lipinski definition) is 3. The lowest BCUT2D eigenvalue weighted by molar-refractivity contribution is 0.0971. The lowest BCUT2D eigenvalue weighted by atomic mass is 9.98. The van der Waals surface area contributed by atoms with Gasteiger partial charge in [-0.15, -0.1) is 0 Å². The van der Waals surface area contributed by atoms with Gasteiger partial charge in [-0.2, -0.15) is 0 Å². The van der Waals surface area contributed by atoms with Crippen molar-refractivity contribution in [1.82, 2.24) is 5.32 Å². The number of nitrogens with one attached hydrogen (secondary N) is 1. The fourth-order valence-corrected chi connectivity index (χ4v) is 2.65. The van der Waals surface area contributed by atoms with Crippen LogP contribution in [0.15, 0.2) is 0 Å². The van der Waals surface area contributed by atoms with E-state index in [1.165, 1.54) is 32.1 Å². The first-order chi connectivity index (χ1) is 7.70. The van der Waals surface area contributed by atoms with E-state index in [9.17, 15) is 0 Å². The Kier molecular flexibility index (Phi) is 6.32. The van der Waals surface area contributed by atoms with Crippen molar-refractivity contribution in [3.05, 3.63) is 0 Å². The van der Waals surface area contributed by atoms with Crippen LogP contribution in [0, 0.1) is 5.92 Å². The van der Waals surface area contributed by atoms with Crippen LogP contribution in [0.2, 0.25) is 0 Å². The summed E-state index contributed by atoms with van der Waals surface area (Å²) in [5.41, 5.74) is -0.0674. The molecule has 0 bridgehead atoms. The quantitative estimate of drug-likeness (QED) is 0.668. The number of rotatable bonds is 8. The van der Waals surface area contributed by atoms with Crippen molar-refractivity contribution in [3.63, 3.8) is 0 Å². The average molecular weight is 229 g/mol. The van der Waals surface area contributed by atoms with Crippen LogP contribution in [0.3, 0.4) is 0 Å². The molecule has 16 heavy (non-hydrogen) atoms. The normalized spacial score (nSPS) is 21.2. The number of hydrogen-bond donors (Lipinski definition) is 2. The summed E-state index contributed by atoms with van der Waals surface area (Å²) in [6.45, 7) is 4.06. The molecule has 1 fully saturated rings. The largest absolute Gasteiger partial charge is 0.396 e. The fraction of sp³-hybridized carbons (Fsp3) is 1.00. The molecule has 0 aromatic carbocycles. The summed E-state index contributed by atoms with van der Waals surface area (Å²) in [6, 6.07) is 0. The Hall–Kier alpha value is -0.120. The van der Waals surface area contributed by atoms with Gasteiger partial charge in [0.1, 0.15) is 0 Å². The predicted octanol–water partition coefficient (Wildman–Crippen LogP) is 1.94. The first-order valence-electron chi connectivity index (χ1n) is 6.55. The van der Waals surface area contributed by atoms with Crippen molar-refractivity contribution in [2.24, 2.45) is 5.92 Å². The Morgan fingerprint density at radius 1 is 1.38 bits per heavy atom. The Labute approximate surface area is 99.6 Å².